The van der Waals surface area contributed by atoms with Gasteiger partial charge in [-0.2, -0.15) is 18.2 Å². The van der Waals surface area contributed by atoms with Gasteiger partial charge in [0.05, 0.1) is 30.9 Å². The molecule has 2 saturated heterocycles. The third kappa shape index (κ3) is 4.79. The van der Waals surface area contributed by atoms with Gasteiger partial charge in [0, 0.05) is 31.7 Å². The highest BCUT2D eigenvalue weighted by Gasteiger charge is 2.75. The van der Waals surface area contributed by atoms with Gasteiger partial charge in [-0.25, -0.2) is 9.18 Å². The monoisotopic (exact) mass is 524 g/mol. The van der Waals surface area contributed by atoms with E-state index in [0.29, 0.717) is 48.8 Å². The minimum absolute atomic E-state index is 0.0326. The fourth-order valence-corrected chi connectivity index (χ4v) is 5.22. The van der Waals surface area contributed by atoms with Gasteiger partial charge < -0.3 is 29.7 Å². The first-order valence-corrected chi connectivity index (χ1v) is 12.2. The molecule has 0 spiro atoms. The molecule has 3 aliphatic rings. The lowest BCUT2D eigenvalue weighted by Crippen LogP contribution is -2.36. The van der Waals surface area contributed by atoms with Crippen molar-refractivity contribution in [2.24, 2.45) is 5.41 Å². The number of fused-ring (bicyclic) bond motifs is 1. The molecule has 37 heavy (non-hydrogen) atoms. The zero-order valence-corrected chi connectivity index (χ0v) is 20.3. The molecule has 5 rings (SSSR count). The number of alkyl halides is 3. The number of ether oxygens (including phenoxy) is 2. The van der Waals surface area contributed by atoms with Crippen molar-refractivity contribution in [2.45, 2.75) is 32.0 Å². The molecule has 0 radical (unpaired) electrons. The molecule has 3 fully saturated rings. The smallest absolute Gasteiger partial charge is 0.396 e. The standard InChI is InChI=1S/C25H28F4N4O4/c1-15-10-18(26)19(30-23(35)33-3-2-24(14-20(24)33)25(27,28)29)13-17(15)16-11-21(32-4-7-36-8-5-32)31-22(12-16)37-9-6-34/h10-13,20,34H,2-9,14H2,1H3,(H,30,35). The zero-order chi connectivity index (χ0) is 26.4. The number of nitrogens with one attached hydrogen (secondary N) is 1. The normalized spacial score (nSPS) is 23.1. The number of likely N-dealkylation sites (tertiary alicyclic amines) is 1. The molecular formula is C25H28F4N4O4. The Hall–Kier alpha value is -3.12. The van der Waals surface area contributed by atoms with Crippen LogP contribution in [0.2, 0.25) is 0 Å². The SMILES string of the molecule is Cc1cc(F)c(NC(=O)N2CCC3(C(F)(F)F)CC23)cc1-c1cc(OCCO)nc(N2CCOCC2)c1. The van der Waals surface area contributed by atoms with E-state index >= 15 is 0 Å². The maximum Gasteiger partial charge on any atom is 0.396 e. The van der Waals surface area contributed by atoms with E-state index in [1.54, 1.807) is 13.0 Å². The van der Waals surface area contributed by atoms with Crippen molar-refractivity contribution < 1.29 is 36.9 Å². The summed E-state index contributed by atoms with van der Waals surface area (Å²) in [6.07, 6.45) is -4.64. The van der Waals surface area contributed by atoms with Crippen LogP contribution in [0.25, 0.3) is 11.1 Å². The van der Waals surface area contributed by atoms with Gasteiger partial charge in [0.15, 0.2) is 0 Å². The molecule has 0 bridgehead atoms. The maximum absolute atomic E-state index is 14.9. The second-order valence-corrected chi connectivity index (χ2v) is 9.62. The quantitative estimate of drug-likeness (QED) is 0.557. The van der Waals surface area contributed by atoms with Crippen LogP contribution < -0.4 is 15.0 Å². The van der Waals surface area contributed by atoms with E-state index in [4.69, 9.17) is 9.47 Å². The summed E-state index contributed by atoms with van der Waals surface area (Å²) in [4.78, 5) is 20.5. The van der Waals surface area contributed by atoms with Crippen molar-refractivity contribution in [3.8, 4) is 17.0 Å². The van der Waals surface area contributed by atoms with Crippen LogP contribution in [0.3, 0.4) is 0 Å². The molecule has 2 amide bonds. The number of aryl methyl sites for hydroxylation is 1. The summed E-state index contributed by atoms with van der Waals surface area (Å²) in [5.74, 6) is 0.208. The van der Waals surface area contributed by atoms with Crippen LogP contribution in [-0.4, -0.2) is 79.3 Å². The Kier molecular flexibility index (Phi) is 6.65. The molecular weight excluding hydrogens is 496 g/mol. The molecule has 8 nitrogen and oxygen atoms in total. The number of carbonyl (C=O) groups is 1. The summed E-state index contributed by atoms with van der Waals surface area (Å²) in [6, 6.07) is 4.56. The summed E-state index contributed by atoms with van der Waals surface area (Å²) in [7, 11) is 0. The van der Waals surface area contributed by atoms with Crippen LogP contribution in [0.4, 0.5) is 33.9 Å². The third-order valence-corrected chi connectivity index (χ3v) is 7.37. The minimum Gasteiger partial charge on any atom is -0.475 e. The Morgan fingerprint density at radius 1 is 1.24 bits per heavy atom. The summed E-state index contributed by atoms with van der Waals surface area (Å²) in [5.41, 5.74) is -0.128. The lowest BCUT2D eigenvalue weighted by Gasteiger charge is -2.28. The van der Waals surface area contributed by atoms with Gasteiger partial charge in [-0.05, 0) is 54.7 Å². The number of amides is 2. The summed E-state index contributed by atoms with van der Waals surface area (Å²) in [5, 5.41) is 11.7. The molecule has 12 heteroatoms. The highest BCUT2D eigenvalue weighted by Crippen LogP contribution is 2.65. The minimum atomic E-state index is -4.37. The second kappa shape index (κ2) is 9.64. The second-order valence-electron chi connectivity index (χ2n) is 9.62. The highest BCUT2D eigenvalue weighted by atomic mass is 19.4. The Morgan fingerprint density at radius 3 is 2.65 bits per heavy atom. The molecule has 1 aromatic carbocycles. The number of halogens is 4. The zero-order valence-electron chi connectivity index (χ0n) is 20.3. The lowest BCUT2D eigenvalue weighted by atomic mass is 10.00. The van der Waals surface area contributed by atoms with Crippen LogP contribution in [0.15, 0.2) is 24.3 Å². The van der Waals surface area contributed by atoms with Gasteiger partial charge in [-0.3, -0.25) is 0 Å². The summed E-state index contributed by atoms with van der Waals surface area (Å²) >= 11 is 0. The fourth-order valence-electron chi connectivity index (χ4n) is 5.22. The van der Waals surface area contributed by atoms with E-state index in [1.807, 2.05) is 11.0 Å². The van der Waals surface area contributed by atoms with Gasteiger partial charge in [-0.15, -0.1) is 0 Å². The predicted molar refractivity (Wildman–Crippen MR) is 127 cm³/mol. The number of hydrogen-bond donors (Lipinski definition) is 2. The first kappa shape index (κ1) is 25.5. The van der Waals surface area contributed by atoms with E-state index in [-0.39, 0.29) is 44.2 Å². The highest BCUT2D eigenvalue weighted by molar-refractivity contribution is 5.91. The van der Waals surface area contributed by atoms with E-state index in [0.717, 1.165) is 4.90 Å². The van der Waals surface area contributed by atoms with Crippen molar-refractivity contribution in [3.05, 3.63) is 35.6 Å². The predicted octanol–water partition coefficient (Wildman–Crippen LogP) is 3.96. The molecule has 2 unspecified atom stereocenters. The van der Waals surface area contributed by atoms with Gasteiger partial charge in [0.1, 0.15) is 18.2 Å². The Morgan fingerprint density at radius 2 is 2.00 bits per heavy atom. The number of aromatic nitrogens is 1. The van der Waals surface area contributed by atoms with Crippen LogP contribution >= 0.6 is 0 Å². The van der Waals surface area contributed by atoms with E-state index in [9.17, 15) is 27.5 Å². The van der Waals surface area contributed by atoms with Crippen molar-refractivity contribution >= 4 is 17.5 Å². The number of pyridine rings is 1. The molecule has 2 N–H and O–H groups in total. The molecule has 1 aliphatic carbocycles. The third-order valence-electron chi connectivity index (χ3n) is 7.37. The number of urea groups is 1. The molecule has 2 atom stereocenters. The maximum atomic E-state index is 14.9. The topological polar surface area (TPSA) is 87.2 Å². The average molecular weight is 525 g/mol. The van der Waals surface area contributed by atoms with Crippen molar-refractivity contribution in [3.63, 3.8) is 0 Å². The fraction of sp³-hybridized carbons (Fsp3) is 0.520. The van der Waals surface area contributed by atoms with Crippen molar-refractivity contribution in [2.75, 3.05) is 56.3 Å². The van der Waals surface area contributed by atoms with E-state index < -0.39 is 29.5 Å². The number of piperidine rings is 1. The molecule has 2 aromatic rings. The number of benzene rings is 1. The first-order valence-electron chi connectivity index (χ1n) is 12.2. The number of aliphatic hydroxyl groups is 1. The molecule has 1 aromatic heterocycles. The Bertz CT molecular complexity index is 1190. The van der Waals surface area contributed by atoms with Crippen molar-refractivity contribution in [1.29, 1.82) is 0 Å². The summed E-state index contributed by atoms with van der Waals surface area (Å²) < 4.78 is 66.1. The largest absolute Gasteiger partial charge is 0.475 e. The average Bonchev–Trinajstić information content (AvgIpc) is 3.49. The van der Waals surface area contributed by atoms with Crippen molar-refractivity contribution in [1.82, 2.24) is 9.88 Å². The number of rotatable bonds is 6. The molecule has 3 heterocycles. The Balaban J connectivity index is 1.42. The lowest BCUT2D eigenvalue weighted by molar-refractivity contribution is -0.186. The Labute approximate surface area is 211 Å². The van der Waals surface area contributed by atoms with Gasteiger partial charge in [-0.1, -0.05) is 0 Å². The number of nitrogens with zero attached hydrogens (tertiary/aromatic N) is 3. The summed E-state index contributed by atoms with van der Waals surface area (Å²) in [6.45, 7) is 3.85. The molecule has 2 aliphatic heterocycles. The van der Waals surface area contributed by atoms with Crippen LogP contribution in [0.1, 0.15) is 18.4 Å². The van der Waals surface area contributed by atoms with Crippen LogP contribution in [-0.2, 0) is 4.74 Å². The molecule has 1 saturated carbocycles. The number of morpholine rings is 1. The van der Waals surface area contributed by atoms with E-state index in [1.165, 1.54) is 12.1 Å². The van der Waals surface area contributed by atoms with Gasteiger partial charge in [0.2, 0.25) is 5.88 Å². The molecule has 200 valence electrons. The van der Waals surface area contributed by atoms with E-state index in [2.05, 4.69) is 10.3 Å². The van der Waals surface area contributed by atoms with Crippen LogP contribution in [0.5, 0.6) is 5.88 Å². The van der Waals surface area contributed by atoms with Gasteiger partial charge >= 0.3 is 12.2 Å². The first-order chi connectivity index (χ1) is 17.6. The van der Waals surface area contributed by atoms with Gasteiger partial charge in [0.25, 0.3) is 0 Å². The number of carbonyl (C=O) groups excluding carboxylic acids is 1. The number of hydrogen-bond acceptors (Lipinski definition) is 6. The number of anilines is 2. The van der Waals surface area contributed by atoms with Crippen LogP contribution in [0, 0.1) is 18.2 Å². The number of aliphatic hydroxyl groups excluding tert-OH is 1.